The highest BCUT2D eigenvalue weighted by atomic mass is 35.5. The summed E-state index contributed by atoms with van der Waals surface area (Å²) in [6, 6.07) is 17.1. The van der Waals surface area contributed by atoms with Crippen molar-refractivity contribution in [2.24, 2.45) is 0 Å². The molecule has 1 saturated carbocycles. The van der Waals surface area contributed by atoms with Crippen LogP contribution in [0.3, 0.4) is 0 Å². The van der Waals surface area contributed by atoms with Gasteiger partial charge in [-0.25, -0.2) is 13.2 Å². The summed E-state index contributed by atoms with van der Waals surface area (Å²) in [5.41, 5.74) is -0.197. The number of nitrogens with zero attached hydrogens (tertiary/aromatic N) is 1. The van der Waals surface area contributed by atoms with Crippen molar-refractivity contribution in [3.8, 4) is 22.6 Å². The number of methoxy groups -OCH3 is 1. The molecule has 0 radical (unpaired) electrons. The Kier molecular flexibility index (Phi) is 11.9. The highest BCUT2D eigenvalue weighted by molar-refractivity contribution is 7.89. The maximum atomic E-state index is 16.9. The Morgan fingerprint density at radius 3 is 2.18 bits per heavy atom. The molecule has 10 nitrogen and oxygen atoms in total. The molecule has 1 aliphatic heterocycles. The van der Waals surface area contributed by atoms with Crippen LogP contribution in [0.25, 0.3) is 21.9 Å². The van der Waals surface area contributed by atoms with E-state index in [9.17, 15) is 18.0 Å². The molecule has 0 bridgehead atoms. The summed E-state index contributed by atoms with van der Waals surface area (Å²) in [6.45, 7) is 5.19. The Hall–Kier alpha value is -4.46. The number of hydrogen-bond donors (Lipinski definition) is 2. The summed E-state index contributed by atoms with van der Waals surface area (Å²) in [7, 11) is -3.36. The number of carbonyl (C=O) groups excluding carboxylic acids is 2. The van der Waals surface area contributed by atoms with Gasteiger partial charge in [0.05, 0.1) is 18.1 Å². The van der Waals surface area contributed by atoms with Crippen LogP contribution in [0.4, 0.5) is 13.6 Å². The lowest BCUT2D eigenvalue weighted by Crippen LogP contribution is -2.58. The van der Waals surface area contributed by atoms with E-state index < -0.39 is 45.2 Å². The normalized spacial score (nSPS) is 16.5. The van der Waals surface area contributed by atoms with E-state index in [0.29, 0.717) is 32.7 Å². The highest BCUT2D eigenvalue weighted by Gasteiger charge is 2.50. The van der Waals surface area contributed by atoms with E-state index in [1.165, 1.54) is 30.2 Å². The molecule has 4 aromatic rings. The Morgan fingerprint density at radius 2 is 1.53 bits per heavy atom. The molecule has 14 heteroatoms. The number of rotatable bonds is 11. The molecule has 1 atom stereocenters. The fraction of sp³-hybridized carbons (Fsp3) is 0.415. The number of piperidine rings is 1. The molecule has 1 aliphatic carbocycles. The molecule has 2 aliphatic rings. The van der Waals surface area contributed by atoms with E-state index in [0.717, 1.165) is 37.8 Å². The van der Waals surface area contributed by atoms with E-state index in [-0.39, 0.29) is 48.7 Å². The van der Waals surface area contributed by atoms with Crippen LogP contribution in [0.5, 0.6) is 11.5 Å². The molecule has 0 aromatic heterocycles. The Morgan fingerprint density at radius 1 is 0.873 bits per heavy atom. The van der Waals surface area contributed by atoms with Crippen LogP contribution in [0.15, 0.2) is 83.8 Å². The zero-order valence-electron chi connectivity index (χ0n) is 31.2. The minimum absolute atomic E-state index is 0.00628. The first-order chi connectivity index (χ1) is 26.0. The van der Waals surface area contributed by atoms with Crippen molar-refractivity contribution in [2.45, 2.75) is 93.9 Å². The summed E-state index contributed by atoms with van der Waals surface area (Å²) in [6.07, 6.45) is 4.18. The van der Waals surface area contributed by atoms with Gasteiger partial charge in [-0.2, -0.15) is 13.5 Å². The van der Waals surface area contributed by atoms with Gasteiger partial charge in [0.2, 0.25) is 15.9 Å². The van der Waals surface area contributed by atoms with Gasteiger partial charge in [-0.05, 0) is 118 Å². The second kappa shape index (κ2) is 16.3. The lowest BCUT2D eigenvalue weighted by Gasteiger charge is -2.36. The molecule has 55 heavy (non-hydrogen) atoms. The number of alkyl carbamates (subject to hydrolysis) is 1. The third kappa shape index (κ3) is 9.68. The Bertz CT molecular complexity index is 2130. The van der Waals surface area contributed by atoms with Gasteiger partial charge < -0.3 is 24.4 Å². The first kappa shape index (κ1) is 40.2. The molecule has 2 fully saturated rings. The fourth-order valence-corrected chi connectivity index (χ4v) is 8.33. The zero-order valence-corrected chi connectivity index (χ0v) is 32.8. The third-order valence-electron chi connectivity index (χ3n) is 9.85. The molecular formula is C41H46ClF2N3O7S. The zero-order chi connectivity index (χ0) is 39.5. The minimum Gasteiger partial charge on any atom is -0.496 e. The van der Waals surface area contributed by atoms with Crippen molar-refractivity contribution in [3.05, 3.63) is 89.4 Å². The highest BCUT2D eigenvalue weighted by Crippen LogP contribution is 2.40. The number of carbonyl (C=O) groups is 2. The van der Waals surface area contributed by atoms with E-state index in [1.807, 2.05) is 6.07 Å². The van der Waals surface area contributed by atoms with Crippen LogP contribution in [0, 0.1) is 0 Å². The average molecular weight is 798 g/mol. The summed E-state index contributed by atoms with van der Waals surface area (Å²) >= 11 is 6.05. The number of benzene rings is 4. The molecule has 1 unspecified atom stereocenters. The number of likely N-dealkylation sites (tertiary alicyclic amines) is 1. The Labute approximate surface area is 325 Å². The third-order valence-corrected chi connectivity index (χ3v) is 11.5. The number of nitrogens with one attached hydrogen (secondary N) is 2. The molecule has 1 saturated heterocycles. The maximum absolute atomic E-state index is 16.9. The molecule has 2 N–H and O–H groups in total. The van der Waals surface area contributed by atoms with Crippen molar-refractivity contribution < 1.29 is 41.0 Å². The van der Waals surface area contributed by atoms with Crippen molar-refractivity contribution in [1.29, 1.82) is 0 Å². The van der Waals surface area contributed by atoms with Crippen LogP contribution in [-0.4, -0.2) is 69.3 Å². The van der Waals surface area contributed by atoms with E-state index in [4.69, 9.17) is 25.8 Å². The number of fused-ring (bicyclic) bond motifs is 1. The van der Waals surface area contributed by atoms with Crippen molar-refractivity contribution in [2.75, 3.05) is 20.2 Å². The lowest BCUT2D eigenvalue weighted by molar-refractivity contribution is -0.145. The van der Waals surface area contributed by atoms with Crippen molar-refractivity contribution in [1.82, 2.24) is 14.9 Å². The quantitative estimate of drug-likeness (QED) is 0.156. The predicted molar refractivity (Wildman–Crippen MR) is 207 cm³/mol. The number of alkyl halides is 2. The number of halogens is 3. The molecule has 294 valence electrons. The second-order valence-corrected chi connectivity index (χ2v) is 17.2. The molecule has 2 amide bonds. The monoisotopic (exact) mass is 797 g/mol. The molecule has 1 heterocycles. The lowest BCUT2D eigenvalue weighted by atomic mass is 9.95. The summed E-state index contributed by atoms with van der Waals surface area (Å²) in [4.78, 5) is 27.4. The van der Waals surface area contributed by atoms with Crippen molar-refractivity contribution >= 4 is 44.4 Å². The Balaban J connectivity index is 1.28. The van der Waals surface area contributed by atoms with Gasteiger partial charge >= 0.3 is 6.09 Å². The number of ether oxygens (including phenoxy) is 3. The first-order valence-electron chi connectivity index (χ1n) is 18.4. The summed E-state index contributed by atoms with van der Waals surface area (Å²) in [5, 5.41) is 4.52. The van der Waals surface area contributed by atoms with E-state index >= 15 is 8.78 Å². The maximum Gasteiger partial charge on any atom is 0.407 e. The first-order valence-corrected chi connectivity index (χ1v) is 20.2. The van der Waals surface area contributed by atoms with Gasteiger partial charge in [-0.3, -0.25) is 4.79 Å². The van der Waals surface area contributed by atoms with E-state index in [1.54, 1.807) is 63.2 Å². The topological polar surface area (TPSA) is 123 Å². The standard InChI is InChI=1S/C41H46ClF2N3O7S/c1-40(2,3)54-39(49)45-31-19-21-47(22-20-31)38(48)37(41(43,44)29-13-18-35(36(25-29)52-4)26-9-14-30(42)15-10-26)46-55(50,51)34-17-12-27-23-33(16-11-28(27)24-34)53-32-7-5-6-8-32/h9-18,23-25,31-32,37,46H,5-8,19-22H2,1-4H3,(H,45,49). The van der Waals surface area contributed by atoms with Gasteiger partial charge in [0, 0.05) is 35.3 Å². The number of amides is 2. The van der Waals surface area contributed by atoms with Crippen molar-refractivity contribution in [3.63, 3.8) is 0 Å². The van der Waals surface area contributed by atoms with Gasteiger partial charge in [0.15, 0.2) is 6.04 Å². The fourth-order valence-electron chi connectivity index (χ4n) is 6.98. The predicted octanol–water partition coefficient (Wildman–Crippen LogP) is 8.44. The van der Waals surface area contributed by atoms with Crippen LogP contribution in [0.2, 0.25) is 5.02 Å². The molecular weight excluding hydrogens is 752 g/mol. The smallest absolute Gasteiger partial charge is 0.407 e. The van der Waals surface area contributed by atoms with Gasteiger partial charge in [-0.1, -0.05) is 48.0 Å². The molecule has 0 spiro atoms. The average Bonchev–Trinajstić information content (AvgIpc) is 3.66. The van der Waals surface area contributed by atoms with Crippen LogP contribution >= 0.6 is 11.6 Å². The van der Waals surface area contributed by atoms with Crippen LogP contribution in [-0.2, 0) is 25.5 Å². The number of sulfonamides is 1. The van der Waals surface area contributed by atoms with Gasteiger partial charge in [-0.15, -0.1) is 0 Å². The number of hydrogen-bond acceptors (Lipinski definition) is 7. The summed E-state index contributed by atoms with van der Waals surface area (Å²) in [5.74, 6) is -4.40. The molecule has 6 rings (SSSR count). The largest absolute Gasteiger partial charge is 0.496 e. The van der Waals surface area contributed by atoms with Crippen LogP contribution in [0.1, 0.15) is 64.9 Å². The SMILES string of the molecule is COc1cc(C(F)(F)C(NS(=O)(=O)c2ccc3cc(OC4CCCC4)ccc3c2)C(=O)N2CCC(NC(=O)OC(C)(C)C)CC2)ccc1-c1ccc(Cl)cc1. The summed E-state index contributed by atoms with van der Waals surface area (Å²) < 4.78 is 80.8. The van der Waals surface area contributed by atoms with Gasteiger partial charge in [0.25, 0.3) is 5.92 Å². The second-order valence-electron chi connectivity index (χ2n) is 15.0. The molecule has 4 aromatic carbocycles. The van der Waals surface area contributed by atoms with Crippen LogP contribution < -0.4 is 19.5 Å². The van der Waals surface area contributed by atoms with Gasteiger partial charge in [0.1, 0.15) is 17.1 Å². The van der Waals surface area contributed by atoms with E-state index in [2.05, 4.69) is 10.0 Å². The minimum atomic E-state index is -4.70.